The molecule has 1 unspecified atom stereocenters. The first-order chi connectivity index (χ1) is 9.24. The van der Waals surface area contributed by atoms with Crippen LogP contribution in [0.25, 0.3) is 0 Å². The van der Waals surface area contributed by atoms with Gasteiger partial charge in [-0.3, -0.25) is 4.90 Å². The first kappa shape index (κ1) is 13.9. The zero-order valence-corrected chi connectivity index (χ0v) is 11.7. The lowest BCUT2D eigenvalue weighted by atomic mass is 10.0. The molecule has 1 aliphatic heterocycles. The molecular weight excluding hydrogens is 240 g/mol. The number of hydrogen-bond acceptors (Lipinski definition) is 2. The fraction of sp³-hybridized carbons (Fsp3) is 0.533. The maximum Gasteiger partial charge on any atom is 0.321 e. The van der Waals surface area contributed by atoms with Crippen LogP contribution in [0, 0.1) is 0 Å². The monoisotopic (exact) mass is 262 g/mol. The van der Waals surface area contributed by atoms with Crippen molar-refractivity contribution in [1.82, 2.24) is 5.32 Å². The van der Waals surface area contributed by atoms with Gasteiger partial charge in [-0.1, -0.05) is 25.1 Å². The third-order valence-corrected chi connectivity index (χ3v) is 3.41. The third kappa shape index (κ3) is 3.26. The number of ether oxygens (including phenoxy) is 1. The summed E-state index contributed by atoms with van der Waals surface area (Å²) in [5.74, 6) is 0.408. The summed E-state index contributed by atoms with van der Waals surface area (Å²) < 4.78 is 5.25. The summed E-state index contributed by atoms with van der Waals surface area (Å²) in [7, 11) is 0. The summed E-state index contributed by atoms with van der Waals surface area (Å²) in [6.45, 7) is 6.97. The van der Waals surface area contributed by atoms with Crippen molar-refractivity contribution in [1.29, 1.82) is 0 Å². The Morgan fingerprint density at radius 3 is 3.05 bits per heavy atom. The number of carbonyl (C=O) groups excluding carboxylic acids is 1. The highest BCUT2D eigenvalue weighted by molar-refractivity contribution is 5.94. The molecule has 4 nitrogen and oxygen atoms in total. The quantitative estimate of drug-likeness (QED) is 0.829. The Bertz CT molecular complexity index is 434. The minimum atomic E-state index is -0.00621. The van der Waals surface area contributed by atoms with E-state index in [4.69, 9.17) is 4.74 Å². The molecule has 0 aliphatic carbocycles. The van der Waals surface area contributed by atoms with Crippen LogP contribution in [0.3, 0.4) is 0 Å². The average Bonchev–Trinajstić information content (AvgIpc) is 2.76. The second kappa shape index (κ2) is 6.57. The van der Waals surface area contributed by atoms with Gasteiger partial charge >= 0.3 is 6.03 Å². The summed E-state index contributed by atoms with van der Waals surface area (Å²) in [6.07, 6.45) is 0.852. The van der Waals surface area contributed by atoms with Gasteiger partial charge in [0.05, 0.1) is 0 Å². The van der Waals surface area contributed by atoms with Gasteiger partial charge in [-0.15, -0.1) is 0 Å². The van der Waals surface area contributed by atoms with Crippen LogP contribution in [0.1, 0.15) is 31.7 Å². The van der Waals surface area contributed by atoms with Crippen molar-refractivity contribution in [3.8, 4) is 0 Å². The fourth-order valence-corrected chi connectivity index (χ4v) is 2.42. The molecule has 1 heterocycles. The van der Waals surface area contributed by atoms with Gasteiger partial charge in [0.25, 0.3) is 0 Å². The first-order valence-electron chi connectivity index (χ1n) is 6.96. The molecular formula is C15H22N2O2. The van der Waals surface area contributed by atoms with Gasteiger partial charge in [0.1, 0.15) is 0 Å². The highest BCUT2D eigenvalue weighted by Gasteiger charge is 2.28. The standard InChI is InChI=1S/C15H22N2O2/c1-3-19-10-6-9-16-15(18)17-11-12(2)13-7-4-5-8-14(13)17/h4-5,7-8,12H,3,6,9-11H2,1-2H3,(H,16,18). The predicted octanol–water partition coefficient (Wildman–Crippen LogP) is 2.75. The lowest BCUT2D eigenvalue weighted by Crippen LogP contribution is -2.39. The molecule has 0 spiro atoms. The number of para-hydroxylation sites is 1. The van der Waals surface area contributed by atoms with E-state index < -0.39 is 0 Å². The molecule has 0 bridgehead atoms. The number of urea groups is 1. The molecule has 4 heteroatoms. The number of nitrogens with one attached hydrogen (secondary N) is 1. The lowest BCUT2D eigenvalue weighted by Gasteiger charge is -2.18. The molecule has 0 saturated heterocycles. The van der Waals surface area contributed by atoms with Crippen LogP contribution in [0.2, 0.25) is 0 Å². The van der Waals surface area contributed by atoms with Crippen molar-refractivity contribution < 1.29 is 9.53 Å². The molecule has 0 fully saturated rings. The van der Waals surface area contributed by atoms with Crippen molar-refractivity contribution in [2.45, 2.75) is 26.2 Å². The molecule has 0 aromatic heterocycles. The molecule has 1 aromatic carbocycles. The van der Waals surface area contributed by atoms with Gasteiger partial charge in [-0.05, 0) is 25.0 Å². The van der Waals surface area contributed by atoms with Crippen LogP contribution in [-0.2, 0) is 4.74 Å². The summed E-state index contributed by atoms with van der Waals surface area (Å²) in [5, 5.41) is 2.95. The Morgan fingerprint density at radius 2 is 2.26 bits per heavy atom. The van der Waals surface area contributed by atoms with E-state index in [1.165, 1.54) is 5.56 Å². The van der Waals surface area contributed by atoms with E-state index in [0.717, 1.165) is 25.3 Å². The van der Waals surface area contributed by atoms with Gasteiger partial charge in [0.2, 0.25) is 0 Å². The second-order valence-corrected chi connectivity index (χ2v) is 4.85. The molecule has 1 aromatic rings. The number of fused-ring (bicyclic) bond motifs is 1. The van der Waals surface area contributed by atoms with Crippen LogP contribution in [0.5, 0.6) is 0 Å². The number of nitrogens with zero attached hydrogens (tertiary/aromatic N) is 1. The van der Waals surface area contributed by atoms with Crippen LogP contribution < -0.4 is 10.2 Å². The number of carbonyl (C=O) groups is 1. The molecule has 2 amide bonds. The lowest BCUT2D eigenvalue weighted by molar-refractivity contribution is 0.145. The Kier molecular flexibility index (Phi) is 4.80. The molecule has 104 valence electrons. The number of benzene rings is 1. The highest BCUT2D eigenvalue weighted by Crippen LogP contribution is 2.35. The van der Waals surface area contributed by atoms with E-state index >= 15 is 0 Å². The van der Waals surface area contributed by atoms with E-state index in [9.17, 15) is 4.79 Å². The predicted molar refractivity (Wildman–Crippen MR) is 76.7 cm³/mol. The Hall–Kier alpha value is -1.55. The largest absolute Gasteiger partial charge is 0.382 e. The zero-order valence-electron chi connectivity index (χ0n) is 11.7. The van der Waals surface area contributed by atoms with Crippen molar-refractivity contribution in [2.24, 2.45) is 0 Å². The van der Waals surface area contributed by atoms with Gasteiger partial charge in [-0.25, -0.2) is 4.79 Å². The van der Waals surface area contributed by atoms with Gasteiger partial charge in [0, 0.05) is 37.9 Å². The molecule has 19 heavy (non-hydrogen) atoms. The molecule has 0 saturated carbocycles. The van der Waals surface area contributed by atoms with Crippen molar-refractivity contribution in [3.05, 3.63) is 29.8 Å². The zero-order chi connectivity index (χ0) is 13.7. The Balaban J connectivity index is 1.87. The van der Waals surface area contributed by atoms with E-state index in [-0.39, 0.29) is 6.03 Å². The molecule has 0 radical (unpaired) electrons. The van der Waals surface area contributed by atoms with Crippen molar-refractivity contribution >= 4 is 11.7 Å². The Labute approximate surface area is 114 Å². The maximum absolute atomic E-state index is 12.2. The first-order valence-corrected chi connectivity index (χ1v) is 6.96. The van der Waals surface area contributed by atoms with E-state index in [1.807, 2.05) is 30.0 Å². The summed E-state index contributed by atoms with van der Waals surface area (Å²) in [5.41, 5.74) is 2.30. The fourth-order valence-electron chi connectivity index (χ4n) is 2.42. The number of amides is 2. The van der Waals surface area contributed by atoms with Crippen LogP contribution in [0.15, 0.2) is 24.3 Å². The summed E-state index contributed by atoms with van der Waals surface area (Å²) in [4.78, 5) is 14.0. The van der Waals surface area contributed by atoms with E-state index in [2.05, 4.69) is 18.3 Å². The maximum atomic E-state index is 12.2. The number of anilines is 1. The minimum absolute atomic E-state index is 0.00621. The Morgan fingerprint density at radius 1 is 1.47 bits per heavy atom. The van der Waals surface area contributed by atoms with Crippen LogP contribution in [-0.4, -0.2) is 32.3 Å². The smallest absolute Gasteiger partial charge is 0.321 e. The normalized spacial score (nSPS) is 17.4. The number of hydrogen-bond donors (Lipinski definition) is 1. The minimum Gasteiger partial charge on any atom is -0.382 e. The molecule has 1 N–H and O–H groups in total. The number of rotatable bonds is 5. The topological polar surface area (TPSA) is 41.6 Å². The van der Waals surface area contributed by atoms with Gasteiger partial charge in [0.15, 0.2) is 0 Å². The summed E-state index contributed by atoms with van der Waals surface area (Å²) >= 11 is 0. The SMILES string of the molecule is CCOCCCNC(=O)N1CC(C)c2ccccc21. The molecule has 2 rings (SSSR count). The van der Waals surface area contributed by atoms with Crippen LogP contribution in [0.4, 0.5) is 10.5 Å². The van der Waals surface area contributed by atoms with Crippen LogP contribution >= 0.6 is 0 Å². The van der Waals surface area contributed by atoms with E-state index in [1.54, 1.807) is 0 Å². The third-order valence-electron chi connectivity index (χ3n) is 3.41. The second-order valence-electron chi connectivity index (χ2n) is 4.85. The van der Waals surface area contributed by atoms with Crippen molar-refractivity contribution in [2.75, 3.05) is 31.2 Å². The van der Waals surface area contributed by atoms with Crippen molar-refractivity contribution in [3.63, 3.8) is 0 Å². The summed E-state index contributed by atoms with van der Waals surface area (Å²) in [6, 6.07) is 8.11. The van der Waals surface area contributed by atoms with Gasteiger partial charge < -0.3 is 10.1 Å². The van der Waals surface area contributed by atoms with Gasteiger partial charge in [-0.2, -0.15) is 0 Å². The molecule has 1 aliphatic rings. The molecule has 1 atom stereocenters. The highest BCUT2D eigenvalue weighted by atomic mass is 16.5. The van der Waals surface area contributed by atoms with E-state index in [0.29, 0.717) is 19.1 Å². The average molecular weight is 262 g/mol.